The van der Waals surface area contributed by atoms with E-state index in [0.717, 1.165) is 15.6 Å². The molecule has 0 spiro atoms. The molecule has 5 nitrogen and oxygen atoms in total. The van der Waals surface area contributed by atoms with Crippen LogP contribution in [0.5, 0.6) is 5.88 Å². The Balaban J connectivity index is 1.89. The number of rotatable bonds is 8. The monoisotopic (exact) mass is 441 g/mol. The standard InChI is InChI=1S/C22H20BrNO4/c1-27-21-18(22(25)26)10-11-19(24-21)20(13-16-8-5-9-17(23)12-16)28-14-15-6-3-2-4-7-15/h2-12,20H,13-14H2,1H3,(H,25,26). The van der Waals surface area contributed by atoms with E-state index in [0.29, 0.717) is 18.7 Å². The Morgan fingerprint density at radius 2 is 1.82 bits per heavy atom. The Kier molecular flexibility index (Phi) is 6.79. The number of ether oxygens (including phenoxy) is 2. The molecule has 1 aromatic heterocycles. The van der Waals surface area contributed by atoms with Crippen molar-refractivity contribution in [2.45, 2.75) is 19.1 Å². The average Bonchev–Trinajstić information content (AvgIpc) is 2.71. The minimum atomic E-state index is -1.08. The first-order valence-electron chi connectivity index (χ1n) is 8.75. The van der Waals surface area contributed by atoms with Crippen LogP contribution in [0.4, 0.5) is 0 Å². The maximum absolute atomic E-state index is 11.3. The van der Waals surface area contributed by atoms with Crippen molar-refractivity contribution in [3.63, 3.8) is 0 Å². The highest BCUT2D eigenvalue weighted by molar-refractivity contribution is 9.10. The highest BCUT2D eigenvalue weighted by Crippen LogP contribution is 2.27. The Labute approximate surface area is 172 Å². The van der Waals surface area contributed by atoms with Crippen LogP contribution in [0, 0.1) is 0 Å². The number of methoxy groups -OCH3 is 1. The fraction of sp³-hybridized carbons (Fsp3) is 0.182. The second-order valence-corrected chi connectivity index (χ2v) is 7.13. The van der Waals surface area contributed by atoms with Crippen molar-refractivity contribution in [1.82, 2.24) is 4.98 Å². The molecule has 144 valence electrons. The highest BCUT2D eigenvalue weighted by atomic mass is 79.9. The van der Waals surface area contributed by atoms with Crippen LogP contribution in [0.2, 0.25) is 0 Å². The van der Waals surface area contributed by atoms with Crippen LogP contribution in [-0.4, -0.2) is 23.2 Å². The predicted molar refractivity (Wildman–Crippen MR) is 110 cm³/mol. The number of carboxylic acid groups (broad SMARTS) is 1. The third-order valence-corrected chi connectivity index (χ3v) is 4.73. The smallest absolute Gasteiger partial charge is 0.341 e. The molecule has 0 aliphatic rings. The van der Waals surface area contributed by atoms with Gasteiger partial charge in [0.25, 0.3) is 0 Å². The van der Waals surface area contributed by atoms with Crippen LogP contribution in [0.3, 0.4) is 0 Å². The van der Waals surface area contributed by atoms with Crippen LogP contribution in [0.1, 0.15) is 33.3 Å². The molecule has 1 unspecified atom stereocenters. The maximum atomic E-state index is 11.3. The lowest BCUT2D eigenvalue weighted by Gasteiger charge is -2.19. The van der Waals surface area contributed by atoms with Crippen LogP contribution < -0.4 is 4.74 Å². The Morgan fingerprint density at radius 3 is 2.50 bits per heavy atom. The summed E-state index contributed by atoms with van der Waals surface area (Å²) in [5.41, 5.74) is 2.78. The maximum Gasteiger partial charge on any atom is 0.341 e. The first-order valence-corrected chi connectivity index (χ1v) is 9.54. The molecule has 3 rings (SSSR count). The van der Waals surface area contributed by atoms with E-state index in [1.807, 2.05) is 54.6 Å². The molecule has 0 radical (unpaired) electrons. The molecule has 0 fully saturated rings. The van der Waals surface area contributed by atoms with E-state index >= 15 is 0 Å². The summed E-state index contributed by atoms with van der Waals surface area (Å²) in [6.07, 6.45) is 0.237. The summed E-state index contributed by atoms with van der Waals surface area (Å²) in [7, 11) is 1.41. The zero-order chi connectivity index (χ0) is 19.9. The van der Waals surface area contributed by atoms with E-state index in [-0.39, 0.29) is 17.5 Å². The number of pyridine rings is 1. The van der Waals surface area contributed by atoms with E-state index in [2.05, 4.69) is 20.9 Å². The van der Waals surface area contributed by atoms with Crippen LogP contribution in [0.15, 0.2) is 71.2 Å². The van der Waals surface area contributed by atoms with Gasteiger partial charge in [-0.25, -0.2) is 9.78 Å². The van der Waals surface area contributed by atoms with E-state index in [9.17, 15) is 9.90 Å². The number of aromatic nitrogens is 1. The molecule has 0 aliphatic heterocycles. The lowest BCUT2D eigenvalue weighted by molar-refractivity contribution is 0.0366. The summed E-state index contributed by atoms with van der Waals surface area (Å²) in [6, 6.07) is 21.0. The molecule has 2 aromatic carbocycles. The summed E-state index contributed by atoms with van der Waals surface area (Å²) in [4.78, 5) is 15.7. The molecule has 0 amide bonds. The van der Waals surface area contributed by atoms with Gasteiger partial charge in [-0.15, -0.1) is 0 Å². The molecule has 28 heavy (non-hydrogen) atoms. The summed E-state index contributed by atoms with van der Waals surface area (Å²) in [5.74, 6) is -1.00. The second-order valence-electron chi connectivity index (χ2n) is 6.22. The van der Waals surface area contributed by atoms with Gasteiger partial charge in [0.1, 0.15) is 11.7 Å². The van der Waals surface area contributed by atoms with Crippen LogP contribution >= 0.6 is 15.9 Å². The zero-order valence-electron chi connectivity index (χ0n) is 15.3. The fourth-order valence-electron chi connectivity index (χ4n) is 2.85. The Hall–Kier alpha value is -2.70. The highest BCUT2D eigenvalue weighted by Gasteiger charge is 2.20. The lowest BCUT2D eigenvalue weighted by Crippen LogP contribution is -2.12. The minimum absolute atomic E-state index is 0.0236. The lowest BCUT2D eigenvalue weighted by atomic mass is 10.0. The largest absolute Gasteiger partial charge is 0.480 e. The first-order chi connectivity index (χ1) is 13.6. The van der Waals surface area contributed by atoms with Gasteiger partial charge in [0.05, 0.1) is 19.4 Å². The molecule has 1 atom stereocenters. The van der Waals surface area contributed by atoms with Crippen molar-refractivity contribution >= 4 is 21.9 Å². The van der Waals surface area contributed by atoms with E-state index in [1.54, 1.807) is 6.07 Å². The number of nitrogens with zero attached hydrogens (tertiary/aromatic N) is 1. The molecule has 0 aliphatic carbocycles. The predicted octanol–water partition coefficient (Wildman–Crippen LogP) is 5.05. The van der Waals surface area contributed by atoms with Crippen molar-refractivity contribution in [2.75, 3.05) is 7.11 Å². The van der Waals surface area contributed by atoms with Gasteiger partial charge in [-0.05, 0) is 35.4 Å². The number of benzene rings is 2. The first kappa shape index (κ1) is 20.0. The van der Waals surface area contributed by atoms with Gasteiger partial charge >= 0.3 is 5.97 Å². The van der Waals surface area contributed by atoms with Crippen molar-refractivity contribution in [3.8, 4) is 5.88 Å². The van der Waals surface area contributed by atoms with Gasteiger partial charge in [0.2, 0.25) is 5.88 Å². The number of halogens is 1. The number of carboxylic acids is 1. The molecule has 0 saturated carbocycles. The van der Waals surface area contributed by atoms with Crippen molar-refractivity contribution in [3.05, 3.63) is 93.6 Å². The number of hydrogen-bond donors (Lipinski definition) is 1. The van der Waals surface area contributed by atoms with Crippen molar-refractivity contribution < 1.29 is 19.4 Å². The number of carbonyl (C=O) groups is 1. The quantitative estimate of drug-likeness (QED) is 0.529. The molecule has 0 bridgehead atoms. The summed E-state index contributed by atoms with van der Waals surface area (Å²) in [6.45, 7) is 0.421. The zero-order valence-corrected chi connectivity index (χ0v) is 16.9. The van der Waals surface area contributed by atoms with E-state index in [4.69, 9.17) is 9.47 Å². The fourth-order valence-corrected chi connectivity index (χ4v) is 3.30. The topological polar surface area (TPSA) is 68.7 Å². The van der Waals surface area contributed by atoms with Crippen LogP contribution in [0.25, 0.3) is 0 Å². The average molecular weight is 442 g/mol. The normalized spacial score (nSPS) is 11.8. The third kappa shape index (κ3) is 5.18. The van der Waals surface area contributed by atoms with Crippen molar-refractivity contribution in [1.29, 1.82) is 0 Å². The van der Waals surface area contributed by atoms with Gasteiger partial charge in [0.15, 0.2) is 0 Å². The molecule has 6 heteroatoms. The van der Waals surface area contributed by atoms with Gasteiger partial charge in [-0.2, -0.15) is 0 Å². The van der Waals surface area contributed by atoms with Gasteiger partial charge in [-0.3, -0.25) is 0 Å². The Bertz CT molecular complexity index is 946. The molecule has 3 aromatic rings. The van der Waals surface area contributed by atoms with E-state index < -0.39 is 5.97 Å². The van der Waals surface area contributed by atoms with Crippen molar-refractivity contribution in [2.24, 2.45) is 0 Å². The molecule has 1 N–H and O–H groups in total. The molecular weight excluding hydrogens is 422 g/mol. The molecule has 0 saturated heterocycles. The van der Waals surface area contributed by atoms with Crippen LogP contribution in [-0.2, 0) is 17.8 Å². The molecule has 1 heterocycles. The minimum Gasteiger partial charge on any atom is -0.480 e. The number of hydrogen-bond acceptors (Lipinski definition) is 4. The van der Waals surface area contributed by atoms with Gasteiger partial charge in [-0.1, -0.05) is 58.4 Å². The Morgan fingerprint density at radius 1 is 1.07 bits per heavy atom. The van der Waals surface area contributed by atoms with Gasteiger partial charge in [0, 0.05) is 10.9 Å². The molecular formula is C22H20BrNO4. The second kappa shape index (κ2) is 9.48. The summed E-state index contributed by atoms with van der Waals surface area (Å²) < 4.78 is 12.3. The van der Waals surface area contributed by atoms with E-state index in [1.165, 1.54) is 13.2 Å². The third-order valence-electron chi connectivity index (χ3n) is 4.24. The van der Waals surface area contributed by atoms with Gasteiger partial charge < -0.3 is 14.6 Å². The summed E-state index contributed by atoms with van der Waals surface area (Å²) in [5, 5.41) is 9.29. The number of aromatic carboxylic acids is 1. The SMILES string of the molecule is COc1nc(C(Cc2cccc(Br)c2)OCc2ccccc2)ccc1C(=O)O. The summed E-state index contributed by atoms with van der Waals surface area (Å²) >= 11 is 3.49.